The van der Waals surface area contributed by atoms with Gasteiger partial charge in [0, 0.05) is 11.9 Å². The molecule has 0 saturated heterocycles. The molecule has 0 spiro atoms. The maximum Gasteiger partial charge on any atom is 0.0689 e. The standard InChI is InChI=1S/C15H21BrO/c1-12-6-3-4-7-13(12)10-14(16)11-15(17-2)8-5-9-15/h3-4,6-7,14H,5,8-11H2,1-2H3. The Morgan fingerprint density at radius 2 is 2.06 bits per heavy atom. The molecule has 0 heterocycles. The molecular formula is C15H21BrO. The number of rotatable bonds is 5. The third-order valence-electron chi connectivity index (χ3n) is 3.99. The number of aryl methyl sites for hydroxylation is 1. The van der Waals surface area contributed by atoms with Gasteiger partial charge in [-0.1, -0.05) is 40.2 Å². The molecule has 94 valence electrons. The molecule has 1 unspecified atom stereocenters. The summed E-state index contributed by atoms with van der Waals surface area (Å²) in [5.74, 6) is 0. The van der Waals surface area contributed by atoms with Crippen molar-refractivity contribution in [1.29, 1.82) is 0 Å². The van der Waals surface area contributed by atoms with E-state index in [2.05, 4.69) is 47.1 Å². The Hall–Kier alpha value is -0.340. The van der Waals surface area contributed by atoms with E-state index in [0.717, 1.165) is 12.8 Å². The summed E-state index contributed by atoms with van der Waals surface area (Å²) < 4.78 is 5.68. The predicted octanol–water partition coefficient (Wildman–Crippen LogP) is 4.26. The quantitative estimate of drug-likeness (QED) is 0.738. The van der Waals surface area contributed by atoms with E-state index in [1.54, 1.807) is 0 Å². The van der Waals surface area contributed by atoms with Gasteiger partial charge in [0.1, 0.15) is 0 Å². The first-order valence-electron chi connectivity index (χ1n) is 6.39. The van der Waals surface area contributed by atoms with Crippen molar-refractivity contribution in [2.45, 2.75) is 49.5 Å². The van der Waals surface area contributed by atoms with Crippen LogP contribution in [0.4, 0.5) is 0 Å². The van der Waals surface area contributed by atoms with Crippen LogP contribution < -0.4 is 0 Å². The molecule has 1 fully saturated rings. The van der Waals surface area contributed by atoms with E-state index in [4.69, 9.17) is 4.74 Å². The zero-order chi connectivity index (χ0) is 12.3. The topological polar surface area (TPSA) is 9.23 Å². The maximum absolute atomic E-state index is 5.68. The first kappa shape index (κ1) is 13.1. The fourth-order valence-corrected chi connectivity index (χ4v) is 3.56. The van der Waals surface area contributed by atoms with Gasteiger partial charge in [0.15, 0.2) is 0 Å². The summed E-state index contributed by atoms with van der Waals surface area (Å²) in [6, 6.07) is 8.64. The van der Waals surface area contributed by atoms with Crippen molar-refractivity contribution in [1.82, 2.24) is 0 Å². The molecule has 0 aliphatic heterocycles. The number of ether oxygens (including phenoxy) is 1. The van der Waals surface area contributed by atoms with E-state index in [-0.39, 0.29) is 5.60 Å². The van der Waals surface area contributed by atoms with Crippen LogP contribution in [0.3, 0.4) is 0 Å². The van der Waals surface area contributed by atoms with Gasteiger partial charge in [-0.15, -0.1) is 0 Å². The van der Waals surface area contributed by atoms with Crippen LogP contribution in [0.2, 0.25) is 0 Å². The maximum atomic E-state index is 5.68. The molecule has 0 N–H and O–H groups in total. The highest BCUT2D eigenvalue weighted by atomic mass is 79.9. The molecule has 0 amide bonds. The largest absolute Gasteiger partial charge is 0.378 e. The molecule has 2 heteroatoms. The fraction of sp³-hybridized carbons (Fsp3) is 0.600. The van der Waals surface area contributed by atoms with Crippen molar-refractivity contribution >= 4 is 15.9 Å². The molecule has 1 aromatic rings. The van der Waals surface area contributed by atoms with Gasteiger partial charge >= 0.3 is 0 Å². The molecule has 0 radical (unpaired) electrons. The van der Waals surface area contributed by atoms with Gasteiger partial charge in [0.2, 0.25) is 0 Å². The minimum Gasteiger partial charge on any atom is -0.378 e. The molecule has 0 aromatic heterocycles. The van der Waals surface area contributed by atoms with Gasteiger partial charge in [-0.25, -0.2) is 0 Å². The normalized spacial score (nSPS) is 19.7. The van der Waals surface area contributed by atoms with Gasteiger partial charge in [-0.05, 0) is 50.2 Å². The number of halogens is 1. The van der Waals surface area contributed by atoms with Gasteiger partial charge in [-0.2, -0.15) is 0 Å². The van der Waals surface area contributed by atoms with Crippen molar-refractivity contribution in [3.63, 3.8) is 0 Å². The molecule has 0 bridgehead atoms. The lowest BCUT2D eigenvalue weighted by molar-refractivity contribution is -0.0770. The second kappa shape index (κ2) is 5.53. The molecule has 1 aliphatic carbocycles. The minimum atomic E-state index is 0.164. The summed E-state index contributed by atoms with van der Waals surface area (Å²) in [4.78, 5) is 0.517. The lowest BCUT2D eigenvalue weighted by Crippen LogP contribution is -2.41. The fourth-order valence-electron chi connectivity index (χ4n) is 2.62. The Labute approximate surface area is 113 Å². The number of methoxy groups -OCH3 is 1. The Kier molecular flexibility index (Phi) is 4.26. The highest BCUT2D eigenvalue weighted by Gasteiger charge is 2.38. The average Bonchev–Trinajstić information content (AvgIpc) is 2.27. The van der Waals surface area contributed by atoms with Crippen LogP contribution in [0.5, 0.6) is 0 Å². The average molecular weight is 297 g/mol. The Morgan fingerprint density at radius 3 is 2.59 bits per heavy atom. The summed E-state index contributed by atoms with van der Waals surface area (Å²) in [6.07, 6.45) is 5.98. The molecule has 1 saturated carbocycles. The van der Waals surface area contributed by atoms with Gasteiger partial charge in [-0.3, -0.25) is 0 Å². The smallest absolute Gasteiger partial charge is 0.0689 e. The van der Waals surface area contributed by atoms with Crippen LogP contribution in [0.25, 0.3) is 0 Å². The summed E-state index contributed by atoms with van der Waals surface area (Å²) in [5.41, 5.74) is 2.99. The van der Waals surface area contributed by atoms with Crippen LogP contribution in [0.1, 0.15) is 36.8 Å². The van der Waals surface area contributed by atoms with Crippen molar-refractivity contribution in [2.24, 2.45) is 0 Å². The summed E-state index contributed by atoms with van der Waals surface area (Å²) in [5, 5.41) is 0. The van der Waals surface area contributed by atoms with Gasteiger partial charge < -0.3 is 4.74 Å². The molecule has 1 aromatic carbocycles. The van der Waals surface area contributed by atoms with E-state index < -0.39 is 0 Å². The van der Waals surface area contributed by atoms with E-state index in [9.17, 15) is 0 Å². The van der Waals surface area contributed by atoms with Crippen LogP contribution in [0, 0.1) is 6.92 Å². The van der Waals surface area contributed by atoms with Crippen LogP contribution in [-0.4, -0.2) is 17.5 Å². The zero-order valence-corrected chi connectivity index (χ0v) is 12.3. The third-order valence-corrected chi connectivity index (χ3v) is 4.64. The van der Waals surface area contributed by atoms with Crippen molar-refractivity contribution in [3.05, 3.63) is 35.4 Å². The predicted molar refractivity (Wildman–Crippen MR) is 75.8 cm³/mol. The van der Waals surface area contributed by atoms with E-state index in [1.165, 1.54) is 30.4 Å². The summed E-state index contributed by atoms with van der Waals surface area (Å²) in [7, 11) is 1.85. The summed E-state index contributed by atoms with van der Waals surface area (Å²) >= 11 is 3.82. The first-order chi connectivity index (χ1) is 8.15. The van der Waals surface area contributed by atoms with Crippen LogP contribution in [-0.2, 0) is 11.2 Å². The van der Waals surface area contributed by atoms with Gasteiger partial charge in [0.25, 0.3) is 0 Å². The second-order valence-corrected chi connectivity index (χ2v) is 6.47. The monoisotopic (exact) mass is 296 g/mol. The SMILES string of the molecule is COC1(CC(Br)Cc2ccccc2C)CCC1. The second-order valence-electron chi connectivity index (χ2n) is 5.17. The highest BCUT2D eigenvalue weighted by molar-refractivity contribution is 9.09. The molecule has 17 heavy (non-hydrogen) atoms. The number of hydrogen-bond acceptors (Lipinski definition) is 1. The van der Waals surface area contributed by atoms with E-state index in [1.807, 2.05) is 7.11 Å². The highest BCUT2D eigenvalue weighted by Crippen LogP contribution is 2.40. The Morgan fingerprint density at radius 1 is 1.35 bits per heavy atom. The minimum absolute atomic E-state index is 0.164. The molecule has 1 nitrogen and oxygen atoms in total. The lowest BCUT2D eigenvalue weighted by Gasteiger charge is -2.42. The van der Waals surface area contributed by atoms with Gasteiger partial charge in [0.05, 0.1) is 5.60 Å². The Bertz CT molecular complexity index is 365. The van der Waals surface area contributed by atoms with E-state index >= 15 is 0 Å². The van der Waals surface area contributed by atoms with Crippen LogP contribution >= 0.6 is 15.9 Å². The number of hydrogen-bond donors (Lipinski definition) is 0. The summed E-state index contributed by atoms with van der Waals surface area (Å²) in [6.45, 7) is 2.19. The molecule has 2 rings (SSSR count). The van der Waals surface area contributed by atoms with Crippen LogP contribution in [0.15, 0.2) is 24.3 Å². The van der Waals surface area contributed by atoms with Crippen molar-refractivity contribution < 1.29 is 4.74 Å². The number of benzene rings is 1. The lowest BCUT2D eigenvalue weighted by atomic mass is 9.76. The third kappa shape index (κ3) is 3.11. The van der Waals surface area contributed by atoms with Crippen molar-refractivity contribution in [2.75, 3.05) is 7.11 Å². The molecule has 1 atom stereocenters. The van der Waals surface area contributed by atoms with Crippen molar-refractivity contribution in [3.8, 4) is 0 Å². The Balaban J connectivity index is 1.93. The molecule has 1 aliphatic rings. The number of alkyl halides is 1. The molecular weight excluding hydrogens is 276 g/mol. The first-order valence-corrected chi connectivity index (χ1v) is 7.30. The van der Waals surface area contributed by atoms with E-state index in [0.29, 0.717) is 4.83 Å². The zero-order valence-electron chi connectivity index (χ0n) is 10.7.